The Hall–Kier alpha value is -3.15. The van der Waals surface area contributed by atoms with Gasteiger partial charge in [-0.25, -0.2) is 0 Å². The van der Waals surface area contributed by atoms with Crippen molar-refractivity contribution < 1.29 is 14.0 Å². The molecule has 1 aromatic carbocycles. The summed E-state index contributed by atoms with van der Waals surface area (Å²) in [6, 6.07) is 7.20. The average Bonchev–Trinajstić information content (AvgIpc) is 3.08. The molecule has 0 atom stereocenters. The van der Waals surface area contributed by atoms with Crippen LogP contribution in [-0.2, 0) is 11.8 Å². The highest BCUT2D eigenvalue weighted by Gasteiger charge is 2.18. The number of rotatable bonds is 4. The molecular weight excluding hydrogens is 306 g/mol. The molecule has 6 nitrogen and oxygen atoms in total. The number of nitrogens with one attached hydrogen (secondary N) is 1. The minimum Gasteiger partial charge on any atom is -0.451 e. The second-order valence-electron chi connectivity index (χ2n) is 5.49. The molecule has 3 aromatic rings. The number of carbonyl (C=O) groups excluding carboxylic acids is 2. The number of anilines is 1. The highest BCUT2D eigenvalue weighted by molar-refractivity contribution is 6.13. The van der Waals surface area contributed by atoms with E-state index in [4.69, 9.17) is 4.42 Å². The van der Waals surface area contributed by atoms with Gasteiger partial charge in [0.15, 0.2) is 11.5 Å². The van der Waals surface area contributed by atoms with Gasteiger partial charge in [0.25, 0.3) is 0 Å². The first-order chi connectivity index (χ1) is 11.5. The summed E-state index contributed by atoms with van der Waals surface area (Å²) >= 11 is 0. The molecule has 2 aromatic heterocycles. The fraction of sp³-hybridized carbons (Fsp3) is 0.167. The number of amides is 1. The van der Waals surface area contributed by atoms with Crippen molar-refractivity contribution in [3.63, 3.8) is 0 Å². The van der Waals surface area contributed by atoms with Crippen molar-refractivity contribution in [1.29, 1.82) is 0 Å². The highest BCUT2D eigenvalue weighted by Crippen LogP contribution is 2.31. The van der Waals surface area contributed by atoms with Crippen LogP contribution in [0.1, 0.15) is 28.7 Å². The third-order valence-electron chi connectivity index (χ3n) is 3.85. The Morgan fingerprint density at radius 1 is 1.29 bits per heavy atom. The van der Waals surface area contributed by atoms with E-state index in [0.29, 0.717) is 16.7 Å². The Morgan fingerprint density at radius 3 is 2.71 bits per heavy atom. The third kappa shape index (κ3) is 2.86. The van der Waals surface area contributed by atoms with Gasteiger partial charge in [0, 0.05) is 36.7 Å². The Bertz CT molecular complexity index is 963. The number of hydrogen-bond acceptors (Lipinski definition) is 4. The fourth-order valence-electron chi connectivity index (χ4n) is 2.43. The van der Waals surface area contributed by atoms with E-state index in [-0.39, 0.29) is 17.5 Å². The van der Waals surface area contributed by atoms with Gasteiger partial charge in [-0.2, -0.15) is 5.10 Å². The molecule has 0 unspecified atom stereocenters. The van der Waals surface area contributed by atoms with Crippen LogP contribution < -0.4 is 5.32 Å². The molecule has 1 amide bonds. The summed E-state index contributed by atoms with van der Waals surface area (Å²) in [5.41, 5.74) is 2.77. The van der Waals surface area contributed by atoms with Crippen molar-refractivity contribution in [1.82, 2.24) is 9.78 Å². The van der Waals surface area contributed by atoms with Crippen LogP contribution in [0, 0.1) is 6.92 Å². The van der Waals surface area contributed by atoms with Crippen molar-refractivity contribution in [3.8, 4) is 0 Å². The summed E-state index contributed by atoms with van der Waals surface area (Å²) < 4.78 is 7.28. The quantitative estimate of drug-likeness (QED) is 0.590. The summed E-state index contributed by atoms with van der Waals surface area (Å²) in [6.07, 6.45) is 4.79. The molecule has 122 valence electrons. The monoisotopic (exact) mass is 323 g/mol. The standard InChI is InChI=1S/C18H17N3O3/c1-11-13(10-19-21(11)3)8-9-16(23)20-17-14-6-4-5-7-15(14)24-18(17)12(2)22/h4-10H,1-3H3,(H,20,23). The molecule has 0 bridgehead atoms. The molecule has 0 aliphatic rings. The summed E-state index contributed by atoms with van der Waals surface area (Å²) in [7, 11) is 1.84. The van der Waals surface area contributed by atoms with Crippen molar-refractivity contribution >= 4 is 34.4 Å². The number of nitrogens with zero attached hydrogens (tertiary/aromatic N) is 2. The summed E-state index contributed by atoms with van der Waals surface area (Å²) in [4.78, 5) is 24.0. The number of hydrogen-bond donors (Lipinski definition) is 1. The largest absolute Gasteiger partial charge is 0.451 e. The molecule has 0 saturated carbocycles. The zero-order valence-electron chi connectivity index (χ0n) is 13.7. The first-order valence-corrected chi connectivity index (χ1v) is 7.47. The Labute approximate surface area is 138 Å². The van der Waals surface area contributed by atoms with Crippen LogP contribution in [0.15, 0.2) is 41.0 Å². The minimum absolute atomic E-state index is 0.149. The van der Waals surface area contributed by atoms with Crippen LogP contribution in [0.2, 0.25) is 0 Å². The van der Waals surface area contributed by atoms with Gasteiger partial charge in [-0.3, -0.25) is 14.3 Å². The van der Waals surface area contributed by atoms with E-state index < -0.39 is 0 Å². The van der Waals surface area contributed by atoms with Gasteiger partial charge in [-0.05, 0) is 25.1 Å². The predicted molar refractivity (Wildman–Crippen MR) is 91.8 cm³/mol. The number of aryl methyl sites for hydroxylation is 1. The zero-order valence-corrected chi connectivity index (χ0v) is 13.7. The summed E-state index contributed by atoms with van der Waals surface area (Å²) in [6.45, 7) is 3.32. The molecule has 0 fully saturated rings. The number of ketones is 1. The van der Waals surface area contributed by atoms with E-state index in [1.807, 2.05) is 26.1 Å². The first-order valence-electron chi connectivity index (χ1n) is 7.47. The van der Waals surface area contributed by atoms with E-state index in [1.165, 1.54) is 13.0 Å². The molecular formula is C18H17N3O3. The van der Waals surface area contributed by atoms with Gasteiger partial charge in [0.05, 0.1) is 11.9 Å². The fourth-order valence-corrected chi connectivity index (χ4v) is 2.43. The molecule has 3 rings (SSSR count). The Balaban J connectivity index is 1.89. The number of fused-ring (bicyclic) bond motifs is 1. The lowest BCUT2D eigenvalue weighted by molar-refractivity contribution is -0.111. The van der Waals surface area contributed by atoms with E-state index in [1.54, 1.807) is 29.1 Å². The zero-order chi connectivity index (χ0) is 17.3. The second-order valence-corrected chi connectivity index (χ2v) is 5.49. The maximum absolute atomic E-state index is 12.2. The third-order valence-corrected chi connectivity index (χ3v) is 3.85. The summed E-state index contributed by atoms with van der Waals surface area (Å²) in [5, 5.41) is 7.56. The lowest BCUT2D eigenvalue weighted by Gasteiger charge is -2.01. The van der Waals surface area contributed by atoms with Crippen LogP contribution in [0.25, 0.3) is 17.0 Å². The number of Topliss-reactive ketones (excluding diaryl/α,β-unsaturated/α-hetero) is 1. The molecule has 2 heterocycles. The number of carbonyl (C=O) groups is 2. The van der Waals surface area contributed by atoms with E-state index in [0.717, 1.165) is 11.3 Å². The SMILES string of the molecule is CC(=O)c1oc2ccccc2c1NC(=O)C=Cc1cnn(C)c1C. The van der Waals surface area contributed by atoms with Gasteiger partial charge in [0.2, 0.25) is 5.91 Å². The number of para-hydroxylation sites is 1. The molecule has 0 radical (unpaired) electrons. The van der Waals surface area contributed by atoms with E-state index >= 15 is 0 Å². The minimum atomic E-state index is -0.340. The number of furan rings is 1. The van der Waals surface area contributed by atoms with Crippen LogP contribution in [0.3, 0.4) is 0 Å². The maximum atomic E-state index is 12.2. The van der Waals surface area contributed by atoms with Crippen molar-refractivity contribution in [2.45, 2.75) is 13.8 Å². The van der Waals surface area contributed by atoms with Crippen molar-refractivity contribution in [3.05, 3.63) is 53.6 Å². The molecule has 0 spiro atoms. The Morgan fingerprint density at radius 2 is 2.04 bits per heavy atom. The average molecular weight is 323 g/mol. The summed E-state index contributed by atoms with van der Waals surface area (Å²) in [5.74, 6) is -0.434. The lowest BCUT2D eigenvalue weighted by Crippen LogP contribution is -2.10. The molecule has 1 N–H and O–H groups in total. The van der Waals surface area contributed by atoms with E-state index in [9.17, 15) is 9.59 Å². The maximum Gasteiger partial charge on any atom is 0.248 e. The predicted octanol–water partition coefficient (Wildman–Crippen LogP) is 3.33. The van der Waals surface area contributed by atoms with Crippen LogP contribution >= 0.6 is 0 Å². The molecule has 6 heteroatoms. The van der Waals surface area contributed by atoms with Gasteiger partial charge in [0.1, 0.15) is 5.58 Å². The number of aromatic nitrogens is 2. The number of benzene rings is 1. The first kappa shape index (κ1) is 15.7. The van der Waals surface area contributed by atoms with Gasteiger partial charge in [-0.15, -0.1) is 0 Å². The Kier molecular flexibility index (Phi) is 4.04. The highest BCUT2D eigenvalue weighted by atomic mass is 16.3. The molecule has 0 aliphatic heterocycles. The van der Waals surface area contributed by atoms with Gasteiger partial charge < -0.3 is 9.73 Å². The second kappa shape index (κ2) is 6.16. The van der Waals surface area contributed by atoms with Crippen molar-refractivity contribution in [2.24, 2.45) is 7.05 Å². The lowest BCUT2D eigenvalue weighted by atomic mass is 10.2. The normalized spacial score (nSPS) is 11.3. The van der Waals surface area contributed by atoms with Gasteiger partial charge in [-0.1, -0.05) is 12.1 Å². The molecule has 0 aliphatic carbocycles. The van der Waals surface area contributed by atoms with Crippen LogP contribution in [0.5, 0.6) is 0 Å². The van der Waals surface area contributed by atoms with E-state index in [2.05, 4.69) is 10.4 Å². The smallest absolute Gasteiger partial charge is 0.248 e. The molecule has 24 heavy (non-hydrogen) atoms. The van der Waals surface area contributed by atoms with Crippen LogP contribution in [0.4, 0.5) is 5.69 Å². The topological polar surface area (TPSA) is 77.1 Å². The van der Waals surface area contributed by atoms with Crippen molar-refractivity contribution in [2.75, 3.05) is 5.32 Å². The molecule has 0 saturated heterocycles. The van der Waals surface area contributed by atoms with Gasteiger partial charge >= 0.3 is 0 Å². The van der Waals surface area contributed by atoms with Crippen LogP contribution in [-0.4, -0.2) is 21.5 Å².